The lowest BCUT2D eigenvalue weighted by atomic mass is 9.79. The van der Waals surface area contributed by atoms with Crippen molar-refractivity contribution < 1.29 is 35.9 Å². The number of fused-ring (bicyclic) bond motifs is 6. The van der Waals surface area contributed by atoms with E-state index in [-0.39, 0.29) is 22.9 Å². The molecule has 0 unspecified atom stereocenters. The van der Waals surface area contributed by atoms with Gasteiger partial charge >= 0.3 is 12.4 Å². The highest BCUT2D eigenvalue weighted by molar-refractivity contribution is 6.14. The minimum atomic E-state index is -5.21. The molecule has 9 heteroatoms. The van der Waals surface area contributed by atoms with Crippen molar-refractivity contribution in [1.82, 2.24) is 0 Å². The number of nitrogens with zero attached hydrogens (tertiary/aromatic N) is 1. The van der Waals surface area contributed by atoms with Gasteiger partial charge in [0.15, 0.2) is 5.60 Å². The van der Waals surface area contributed by atoms with Gasteiger partial charge in [-0.15, -0.1) is 0 Å². The average molecular weight is 403 g/mol. The molecule has 0 saturated carbocycles. The van der Waals surface area contributed by atoms with Gasteiger partial charge in [-0.1, -0.05) is 31.2 Å². The Morgan fingerprint density at radius 3 is 2.32 bits per heavy atom. The third-order valence-electron chi connectivity index (χ3n) is 5.70. The molecule has 0 aliphatic carbocycles. The van der Waals surface area contributed by atoms with Crippen LogP contribution in [0, 0.1) is 5.92 Å². The minimum absolute atomic E-state index is 0.0401. The molecule has 0 radical (unpaired) electrons. The maximum Gasteiger partial charge on any atom is 0.454 e. The highest BCUT2D eigenvalue weighted by atomic mass is 19.4. The summed E-state index contributed by atoms with van der Waals surface area (Å²) in [7, 11) is 1.54. The summed E-state index contributed by atoms with van der Waals surface area (Å²) in [6.45, 7) is 1.36. The van der Waals surface area contributed by atoms with Crippen LogP contribution in [0.2, 0.25) is 0 Å². The van der Waals surface area contributed by atoms with E-state index in [1.54, 1.807) is 7.05 Å². The van der Waals surface area contributed by atoms with E-state index in [4.69, 9.17) is 4.74 Å². The molecule has 1 fully saturated rings. The zero-order valence-corrected chi connectivity index (χ0v) is 14.8. The number of ether oxygens (including phenoxy) is 1. The number of anilines is 1. The summed E-state index contributed by atoms with van der Waals surface area (Å²) < 4.78 is 87.4. The summed E-state index contributed by atoms with van der Waals surface area (Å²) in [4.78, 5) is 13.5. The first-order valence-corrected chi connectivity index (χ1v) is 8.54. The van der Waals surface area contributed by atoms with Crippen LogP contribution in [0.1, 0.15) is 29.3 Å². The summed E-state index contributed by atoms with van der Waals surface area (Å²) in [6.07, 6.45) is -10.9. The van der Waals surface area contributed by atoms with Crippen molar-refractivity contribution in [3.05, 3.63) is 41.5 Å². The van der Waals surface area contributed by atoms with E-state index in [0.29, 0.717) is 0 Å². The number of alkyl halides is 6. The summed E-state index contributed by atoms with van der Waals surface area (Å²) in [5, 5.41) is 0.118. The first kappa shape index (κ1) is 19.0. The van der Waals surface area contributed by atoms with Crippen LogP contribution >= 0.6 is 0 Å². The molecule has 2 heterocycles. The third-order valence-corrected chi connectivity index (χ3v) is 5.70. The van der Waals surface area contributed by atoms with E-state index >= 15 is 0 Å². The van der Waals surface area contributed by atoms with Gasteiger partial charge in [-0.2, -0.15) is 26.3 Å². The van der Waals surface area contributed by atoms with Gasteiger partial charge < -0.3 is 9.64 Å². The summed E-state index contributed by atoms with van der Waals surface area (Å²) in [6, 6.07) is 6.41. The number of Topliss-reactive ketones (excluding diaryl/α,β-unsaturated/α-hetero) is 1. The molecule has 4 rings (SSSR count). The van der Waals surface area contributed by atoms with Crippen LogP contribution in [0.25, 0.3) is 10.8 Å². The molecule has 2 aromatic carbocycles. The Balaban J connectivity index is 2.14. The summed E-state index contributed by atoms with van der Waals surface area (Å²) in [5.41, 5.74) is -3.87. The largest absolute Gasteiger partial charge is 0.454 e. The SMILES string of the molecule is C[C@@H]1C[C@@H]2O[C@@]1(C(F)(F)F)c1cc(C(=O)C(F)(F)F)c3ccccc3c1N2C. The number of benzene rings is 2. The zero-order chi connectivity index (χ0) is 20.6. The average Bonchev–Trinajstić information content (AvgIpc) is 2.92. The van der Waals surface area contributed by atoms with Gasteiger partial charge in [-0.25, -0.2) is 0 Å². The van der Waals surface area contributed by atoms with Gasteiger partial charge in [0.05, 0.1) is 5.69 Å². The Kier molecular flexibility index (Phi) is 3.82. The molecule has 2 bridgehead atoms. The zero-order valence-electron chi connectivity index (χ0n) is 14.8. The number of hydrogen-bond donors (Lipinski definition) is 0. The van der Waals surface area contributed by atoms with E-state index in [1.165, 1.54) is 36.1 Å². The second-order valence-electron chi connectivity index (χ2n) is 7.25. The molecule has 2 aromatic rings. The van der Waals surface area contributed by atoms with E-state index in [9.17, 15) is 31.1 Å². The maximum atomic E-state index is 14.2. The molecule has 2 aliphatic heterocycles. The lowest BCUT2D eigenvalue weighted by Crippen LogP contribution is -2.51. The van der Waals surface area contributed by atoms with Crippen molar-refractivity contribution in [2.45, 2.75) is 37.5 Å². The fourth-order valence-corrected chi connectivity index (χ4v) is 4.42. The van der Waals surface area contributed by atoms with E-state index in [1.807, 2.05) is 0 Å². The number of carbonyl (C=O) groups excluding carboxylic acids is 1. The van der Waals surface area contributed by atoms with Crippen molar-refractivity contribution in [2.75, 3.05) is 11.9 Å². The monoisotopic (exact) mass is 403 g/mol. The molecule has 150 valence electrons. The maximum absolute atomic E-state index is 14.2. The van der Waals surface area contributed by atoms with Gasteiger partial charge in [-0.3, -0.25) is 4.79 Å². The molecule has 0 amide bonds. The fourth-order valence-electron chi connectivity index (χ4n) is 4.42. The van der Waals surface area contributed by atoms with Crippen LogP contribution in [-0.4, -0.2) is 31.4 Å². The molecule has 28 heavy (non-hydrogen) atoms. The van der Waals surface area contributed by atoms with Crippen molar-refractivity contribution in [3.63, 3.8) is 0 Å². The second-order valence-corrected chi connectivity index (χ2v) is 7.25. The predicted molar refractivity (Wildman–Crippen MR) is 89.1 cm³/mol. The number of ketones is 1. The molecular formula is C19H15F6NO2. The first-order valence-electron chi connectivity index (χ1n) is 8.54. The molecule has 0 aromatic heterocycles. The molecule has 3 nitrogen and oxygen atoms in total. The van der Waals surface area contributed by atoms with Crippen molar-refractivity contribution in [1.29, 1.82) is 0 Å². The number of rotatable bonds is 1. The van der Waals surface area contributed by atoms with Crippen molar-refractivity contribution >= 4 is 22.2 Å². The highest BCUT2D eigenvalue weighted by Gasteiger charge is 2.68. The first-order chi connectivity index (χ1) is 12.9. The van der Waals surface area contributed by atoms with Gasteiger partial charge in [0.2, 0.25) is 0 Å². The Bertz CT molecular complexity index is 983. The minimum Gasteiger partial charge on any atom is -0.348 e. The van der Waals surface area contributed by atoms with Crippen LogP contribution in [0.15, 0.2) is 30.3 Å². The van der Waals surface area contributed by atoms with Gasteiger partial charge in [-0.05, 0) is 17.9 Å². The van der Waals surface area contributed by atoms with Gasteiger partial charge in [0, 0.05) is 29.5 Å². The molecule has 0 spiro atoms. The molecule has 1 saturated heterocycles. The Morgan fingerprint density at radius 1 is 1.14 bits per heavy atom. The lowest BCUT2D eigenvalue weighted by Gasteiger charge is -2.43. The predicted octanol–water partition coefficient (Wildman–Crippen LogP) is 5.17. The third kappa shape index (κ3) is 2.31. The molecule has 3 atom stereocenters. The molecule has 0 N–H and O–H groups in total. The Morgan fingerprint density at radius 2 is 1.75 bits per heavy atom. The second kappa shape index (κ2) is 5.62. The number of halogens is 6. The smallest absolute Gasteiger partial charge is 0.348 e. The normalized spacial score (nSPS) is 27.2. The van der Waals surface area contributed by atoms with E-state index < -0.39 is 47.0 Å². The van der Waals surface area contributed by atoms with Crippen LogP contribution < -0.4 is 4.90 Å². The van der Waals surface area contributed by atoms with Crippen LogP contribution in [0.4, 0.5) is 32.0 Å². The van der Waals surface area contributed by atoms with Crippen LogP contribution in [-0.2, 0) is 10.3 Å². The quantitative estimate of drug-likeness (QED) is 0.486. The van der Waals surface area contributed by atoms with Crippen LogP contribution in [0.5, 0.6) is 0 Å². The topological polar surface area (TPSA) is 29.5 Å². The highest BCUT2D eigenvalue weighted by Crippen LogP contribution is 2.61. The number of carbonyl (C=O) groups is 1. The van der Waals surface area contributed by atoms with Gasteiger partial charge in [0.1, 0.15) is 6.23 Å². The van der Waals surface area contributed by atoms with Crippen LogP contribution in [0.3, 0.4) is 0 Å². The van der Waals surface area contributed by atoms with Crippen molar-refractivity contribution in [3.8, 4) is 0 Å². The van der Waals surface area contributed by atoms with E-state index in [2.05, 4.69) is 0 Å². The Hall–Kier alpha value is -2.29. The summed E-state index contributed by atoms with van der Waals surface area (Å²) in [5.74, 6) is -3.21. The lowest BCUT2D eigenvalue weighted by molar-refractivity contribution is -0.291. The standard InChI is InChI=1S/C19H15F6NO2/c1-9-7-14-26(2)15-11-6-4-3-5-10(11)12(16(27)18(20,21)22)8-13(15)17(9,28-14)19(23,24)25/h3-6,8-9,14H,7H2,1-2H3/t9-,14+,17-/m1/s1. The number of hydrogen-bond acceptors (Lipinski definition) is 3. The Labute approximate surface area is 155 Å². The van der Waals surface area contributed by atoms with Crippen molar-refractivity contribution in [2.24, 2.45) is 5.92 Å². The summed E-state index contributed by atoms with van der Waals surface area (Å²) >= 11 is 0. The molecular weight excluding hydrogens is 388 g/mol. The molecule has 2 aliphatic rings. The van der Waals surface area contributed by atoms with Gasteiger partial charge in [0.25, 0.3) is 5.78 Å². The van der Waals surface area contributed by atoms with E-state index in [0.717, 1.165) is 6.07 Å². The fraction of sp³-hybridized carbons (Fsp3) is 0.421.